The molecular weight excluding hydrogens is 433 g/mol. The first-order valence-corrected chi connectivity index (χ1v) is 11.3. The zero-order valence-corrected chi connectivity index (χ0v) is 17.1. The number of rotatable bonds is 5. The quantitative estimate of drug-likeness (QED) is 0.501. The van der Waals surface area contributed by atoms with Gasteiger partial charge < -0.3 is 9.72 Å². The number of fused-ring (bicyclic) bond motifs is 2. The van der Waals surface area contributed by atoms with Gasteiger partial charge >= 0.3 is 6.18 Å². The lowest BCUT2D eigenvalue weighted by Gasteiger charge is -2.06. The molecule has 0 unspecified atom stereocenters. The van der Waals surface area contributed by atoms with E-state index in [9.17, 15) is 21.6 Å². The van der Waals surface area contributed by atoms with Gasteiger partial charge in [0.15, 0.2) is 20.5 Å². The molecule has 1 aliphatic carbocycles. The fourth-order valence-corrected chi connectivity index (χ4v) is 4.32. The van der Waals surface area contributed by atoms with E-state index in [4.69, 9.17) is 0 Å². The Balaban J connectivity index is 1.75. The number of nitrogens with zero attached hydrogens (tertiary/aromatic N) is 5. The second kappa shape index (κ2) is 6.67. The summed E-state index contributed by atoms with van der Waals surface area (Å²) in [7, 11) is -3.77. The number of nitrogens with one attached hydrogen (secondary N) is 1. The Morgan fingerprint density at radius 3 is 2.65 bits per heavy atom. The maximum absolute atomic E-state index is 13.1. The summed E-state index contributed by atoms with van der Waals surface area (Å²) in [5.41, 5.74) is 0.0156. The van der Waals surface area contributed by atoms with Gasteiger partial charge in [-0.15, -0.1) is 0 Å². The van der Waals surface area contributed by atoms with Gasteiger partial charge in [-0.05, 0) is 31.0 Å². The zero-order chi connectivity index (χ0) is 22.0. The van der Waals surface area contributed by atoms with Gasteiger partial charge in [0.2, 0.25) is 0 Å². The number of hydrogen-bond acceptors (Lipinski definition) is 6. The van der Waals surface area contributed by atoms with Crippen LogP contribution in [0.25, 0.3) is 22.6 Å². The molecule has 1 N–H and O–H groups in total. The van der Waals surface area contributed by atoms with Crippen molar-refractivity contribution in [3.05, 3.63) is 42.4 Å². The van der Waals surface area contributed by atoms with Crippen molar-refractivity contribution in [1.82, 2.24) is 24.0 Å². The molecule has 0 aliphatic heterocycles. The molecule has 12 heteroatoms. The fourth-order valence-electron chi connectivity index (χ4n) is 3.33. The first-order chi connectivity index (χ1) is 14.7. The largest absolute Gasteiger partial charge is 0.417 e. The molecule has 0 saturated heterocycles. The van der Waals surface area contributed by atoms with E-state index in [1.54, 1.807) is 6.07 Å². The van der Waals surface area contributed by atoms with Crippen LogP contribution < -0.4 is 5.32 Å². The number of imidazole rings is 1. The summed E-state index contributed by atoms with van der Waals surface area (Å²) in [6, 6.07) is 4.16. The third-order valence-electron chi connectivity index (χ3n) is 5.12. The molecule has 0 atom stereocenters. The molecule has 8 nitrogen and oxygen atoms in total. The van der Waals surface area contributed by atoms with Crippen LogP contribution in [-0.2, 0) is 16.0 Å². The third kappa shape index (κ3) is 3.40. The monoisotopic (exact) mass is 450 g/mol. The Kier molecular flexibility index (Phi) is 4.26. The van der Waals surface area contributed by atoms with Crippen LogP contribution in [0.1, 0.15) is 25.3 Å². The van der Waals surface area contributed by atoms with E-state index in [-0.39, 0.29) is 33.3 Å². The Morgan fingerprint density at radius 1 is 1.19 bits per heavy atom. The van der Waals surface area contributed by atoms with Gasteiger partial charge in [0.05, 0.1) is 22.6 Å². The lowest BCUT2D eigenvalue weighted by Crippen LogP contribution is -2.08. The van der Waals surface area contributed by atoms with Crippen LogP contribution in [0.4, 0.5) is 19.0 Å². The minimum atomic E-state index is -4.51. The average molecular weight is 450 g/mol. The van der Waals surface area contributed by atoms with E-state index in [2.05, 4.69) is 20.4 Å². The SMILES string of the molecule is CCS(=O)(=O)c1nn2c(NC3CC3)ccnc2c1-c1cn2cc(C(F)(F)F)ccc2n1. The average Bonchev–Trinajstić information content (AvgIpc) is 3.28. The van der Waals surface area contributed by atoms with Crippen molar-refractivity contribution in [2.75, 3.05) is 11.1 Å². The van der Waals surface area contributed by atoms with Crippen LogP contribution >= 0.6 is 0 Å². The second-order valence-corrected chi connectivity index (χ2v) is 9.57. The molecule has 4 aromatic heterocycles. The molecule has 1 aliphatic rings. The van der Waals surface area contributed by atoms with Gasteiger partial charge in [0, 0.05) is 24.6 Å². The van der Waals surface area contributed by atoms with Gasteiger partial charge in [0.1, 0.15) is 11.5 Å². The highest BCUT2D eigenvalue weighted by atomic mass is 32.2. The van der Waals surface area contributed by atoms with Gasteiger partial charge in [-0.25, -0.2) is 18.4 Å². The molecule has 0 bridgehead atoms. The van der Waals surface area contributed by atoms with Crippen molar-refractivity contribution in [2.24, 2.45) is 0 Å². The summed E-state index contributed by atoms with van der Waals surface area (Å²) in [6.07, 6.45) is 1.31. The van der Waals surface area contributed by atoms with Crippen molar-refractivity contribution < 1.29 is 21.6 Å². The van der Waals surface area contributed by atoms with Crippen molar-refractivity contribution in [3.63, 3.8) is 0 Å². The van der Waals surface area contributed by atoms with Gasteiger partial charge in [-0.3, -0.25) is 0 Å². The summed E-state index contributed by atoms with van der Waals surface area (Å²) in [6.45, 7) is 1.50. The predicted molar refractivity (Wildman–Crippen MR) is 107 cm³/mol. The topological polar surface area (TPSA) is 93.7 Å². The summed E-state index contributed by atoms with van der Waals surface area (Å²) >= 11 is 0. The number of anilines is 1. The number of aromatic nitrogens is 5. The summed E-state index contributed by atoms with van der Waals surface area (Å²) < 4.78 is 67.5. The molecule has 1 saturated carbocycles. The van der Waals surface area contributed by atoms with Crippen molar-refractivity contribution in [1.29, 1.82) is 0 Å². The molecule has 0 spiro atoms. The Bertz CT molecular complexity index is 1420. The van der Waals surface area contributed by atoms with Crippen LogP contribution in [0.3, 0.4) is 0 Å². The van der Waals surface area contributed by atoms with E-state index in [1.165, 1.54) is 34.3 Å². The van der Waals surface area contributed by atoms with Crippen LogP contribution in [-0.4, -0.2) is 44.2 Å². The van der Waals surface area contributed by atoms with E-state index in [1.807, 2.05) is 0 Å². The maximum Gasteiger partial charge on any atom is 0.417 e. The molecule has 4 aromatic rings. The van der Waals surface area contributed by atoms with Crippen LogP contribution in [0.2, 0.25) is 0 Å². The van der Waals surface area contributed by atoms with Crippen LogP contribution in [0.5, 0.6) is 0 Å². The first-order valence-electron chi connectivity index (χ1n) is 9.61. The van der Waals surface area contributed by atoms with Gasteiger partial charge in [0.25, 0.3) is 0 Å². The van der Waals surface area contributed by atoms with Crippen molar-refractivity contribution in [2.45, 2.75) is 37.0 Å². The molecule has 0 aromatic carbocycles. The first kappa shape index (κ1) is 19.8. The van der Waals surface area contributed by atoms with Crippen molar-refractivity contribution >= 4 is 26.9 Å². The lowest BCUT2D eigenvalue weighted by molar-refractivity contribution is -0.137. The fraction of sp³-hybridized carbons (Fsp3) is 0.316. The van der Waals surface area contributed by atoms with Gasteiger partial charge in [-0.1, -0.05) is 6.92 Å². The molecule has 0 amide bonds. The second-order valence-electron chi connectivity index (χ2n) is 7.37. The number of sulfone groups is 1. The van der Waals surface area contributed by atoms with E-state index < -0.39 is 21.6 Å². The Hall–Kier alpha value is -3.15. The van der Waals surface area contributed by atoms with E-state index in [0.717, 1.165) is 25.1 Å². The number of pyridine rings is 1. The molecule has 1 fully saturated rings. The highest BCUT2D eigenvalue weighted by Gasteiger charge is 2.32. The Morgan fingerprint density at radius 2 is 1.97 bits per heavy atom. The standard InChI is InChI=1S/C19H17F3N6O2S/c1-2-31(29,30)18-16(17-23-8-7-15(28(17)26-18)24-12-4-5-12)13-10-27-9-11(19(20,21)22)3-6-14(27)25-13/h3,6-10,12,24H,2,4-5H2,1H3. The molecule has 0 radical (unpaired) electrons. The maximum atomic E-state index is 13.1. The molecule has 162 valence electrons. The van der Waals surface area contributed by atoms with Crippen LogP contribution in [0.15, 0.2) is 41.8 Å². The third-order valence-corrected chi connectivity index (χ3v) is 6.76. The smallest absolute Gasteiger partial charge is 0.367 e. The van der Waals surface area contributed by atoms with Crippen LogP contribution in [0, 0.1) is 0 Å². The van der Waals surface area contributed by atoms with E-state index >= 15 is 0 Å². The number of halogens is 3. The minimum Gasteiger partial charge on any atom is -0.367 e. The van der Waals surface area contributed by atoms with Crippen molar-refractivity contribution in [3.8, 4) is 11.3 Å². The molecule has 4 heterocycles. The Labute approximate surface area is 174 Å². The summed E-state index contributed by atoms with van der Waals surface area (Å²) in [5.74, 6) is 0.398. The molecular formula is C19H17F3N6O2S. The zero-order valence-electron chi connectivity index (χ0n) is 16.3. The highest BCUT2D eigenvalue weighted by Crippen LogP contribution is 2.34. The lowest BCUT2D eigenvalue weighted by atomic mass is 10.2. The predicted octanol–water partition coefficient (Wildman–Crippen LogP) is 3.43. The summed E-state index contributed by atoms with van der Waals surface area (Å²) in [5, 5.41) is 7.40. The van der Waals surface area contributed by atoms with Gasteiger partial charge in [-0.2, -0.15) is 22.8 Å². The normalized spacial score (nSPS) is 15.1. The number of alkyl halides is 3. The van der Waals surface area contributed by atoms with E-state index in [0.29, 0.717) is 11.9 Å². The molecule has 31 heavy (non-hydrogen) atoms. The number of hydrogen-bond donors (Lipinski definition) is 1. The molecule has 5 rings (SSSR count). The minimum absolute atomic E-state index is 0.165. The highest BCUT2D eigenvalue weighted by molar-refractivity contribution is 7.91. The summed E-state index contributed by atoms with van der Waals surface area (Å²) in [4.78, 5) is 8.67.